The maximum atomic E-state index is 13.0. The Hall–Kier alpha value is -3.96. The van der Waals surface area contributed by atoms with E-state index in [1.165, 1.54) is 20.8 Å². The van der Waals surface area contributed by atoms with Crippen molar-refractivity contribution < 1.29 is 43.9 Å². The van der Waals surface area contributed by atoms with Gasteiger partial charge >= 0.3 is 17.9 Å². The summed E-state index contributed by atoms with van der Waals surface area (Å²) >= 11 is 0. The van der Waals surface area contributed by atoms with Crippen molar-refractivity contribution in [2.45, 2.75) is 99.9 Å². The second-order valence-corrected chi connectivity index (χ2v) is 11.7. The topological polar surface area (TPSA) is 178 Å². The smallest absolute Gasteiger partial charge is 0.345 e. The highest BCUT2D eigenvalue weighted by atomic mass is 16.6. The minimum Gasteiger partial charge on any atom is -0.512 e. The van der Waals surface area contributed by atoms with Crippen molar-refractivity contribution in [1.29, 1.82) is 0 Å². The van der Waals surface area contributed by atoms with Gasteiger partial charge in [0.1, 0.15) is 50.8 Å². The summed E-state index contributed by atoms with van der Waals surface area (Å²) in [4.78, 5) is 51.5. The monoisotopic (exact) mass is 549 g/mol. The van der Waals surface area contributed by atoms with Crippen LogP contribution in [0.4, 0.5) is 0 Å². The molecule has 1 aromatic heterocycles. The fourth-order valence-corrected chi connectivity index (χ4v) is 2.90. The van der Waals surface area contributed by atoms with Gasteiger partial charge in [-0.15, -0.1) is 0 Å². The van der Waals surface area contributed by atoms with Crippen molar-refractivity contribution in [3.05, 3.63) is 34.8 Å². The quantitative estimate of drug-likeness (QED) is 0.192. The summed E-state index contributed by atoms with van der Waals surface area (Å²) < 4.78 is 16.1. The molecule has 0 amide bonds. The van der Waals surface area contributed by atoms with Crippen molar-refractivity contribution in [3.8, 4) is 0 Å². The van der Waals surface area contributed by atoms with E-state index in [-0.39, 0.29) is 0 Å². The maximum Gasteiger partial charge on any atom is 0.345 e. The van der Waals surface area contributed by atoms with Crippen molar-refractivity contribution >= 4 is 34.6 Å². The Kier molecular flexibility index (Phi) is 10.0. The fourth-order valence-electron chi connectivity index (χ4n) is 2.90. The van der Waals surface area contributed by atoms with Gasteiger partial charge in [-0.2, -0.15) is 0 Å². The molecule has 0 bridgehead atoms. The van der Waals surface area contributed by atoms with Crippen LogP contribution in [0, 0.1) is 0 Å². The van der Waals surface area contributed by atoms with Crippen LogP contribution in [0.2, 0.25) is 0 Å². The summed E-state index contributed by atoms with van der Waals surface area (Å²) in [6.45, 7) is 18.0. The molecule has 0 spiro atoms. The van der Waals surface area contributed by atoms with Crippen molar-refractivity contribution in [3.63, 3.8) is 0 Å². The minimum absolute atomic E-state index is 0.506. The molecule has 0 aromatic carbocycles. The number of aliphatic hydroxyl groups is 3. The Bertz CT molecular complexity index is 1060. The molecule has 0 aliphatic carbocycles. The molecule has 1 heterocycles. The third kappa shape index (κ3) is 10.0. The van der Waals surface area contributed by atoms with Crippen LogP contribution in [0.15, 0.2) is 17.3 Å². The standard InChI is InChI=1S/C27H39N3O9/c1-13(31)16(22(34)37-25(4,5)6)19-28-20(17(14(2)32)23(35)38-26(7,8)9)30-21(29-19)18(15(3)33)24(36)39-27(10,11)12/h31-33H,1-12H3/b16-13-,17-14-,18-15-. The van der Waals surface area contributed by atoms with Gasteiger partial charge in [-0.25, -0.2) is 29.3 Å². The van der Waals surface area contributed by atoms with Crippen molar-refractivity contribution in [1.82, 2.24) is 15.0 Å². The van der Waals surface area contributed by atoms with E-state index in [1.807, 2.05) is 0 Å². The minimum atomic E-state index is -1.02. The summed E-state index contributed by atoms with van der Waals surface area (Å²) in [5, 5.41) is 31.2. The lowest BCUT2D eigenvalue weighted by Gasteiger charge is -2.22. The summed E-state index contributed by atoms with van der Waals surface area (Å²) in [5.74, 6) is -6.19. The number of aromatic nitrogens is 3. The summed E-state index contributed by atoms with van der Waals surface area (Å²) in [6, 6.07) is 0. The van der Waals surface area contributed by atoms with Gasteiger partial charge < -0.3 is 29.5 Å². The number of esters is 3. The van der Waals surface area contributed by atoms with Gasteiger partial charge in [-0.3, -0.25) is 0 Å². The van der Waals surface area contributed by atoms with Crippen molar-refractivity contribution in [2.24, 2.45) is 0 Å². The zero-order valence-electron chi connectivity index (χ0n) is 24.6. The number of hydrogen-bond acceptors (Lipinski definition) is 12. The molecule has 0 radical (unpaired) electrons. The highest BCUT2D eigenvalue weighted by Crippen LogP contribution is 2.27. The van der Waals surface area contributed by atoms with Gasteiger partial charge in [0.05, 0.1) is 0 Å². The van der Waals surface area contributed by atoms with Gasteiger partial charge in [-0.05, 0) is 83.1 Å². The number of hydrogen-bond donors (Lipinski definition) is 3. The first kappa shape index (κ1) is 33.1. The summed E-state index contributed by atoms with van der Waals surface area (Å²) in [5.41, 5.74) is -4.43. The van der Waals surface area contributed by atoms with Crippen LogP contribution in [0.25, 0.3) is 16.7 Å². The van der Waals surface area contributed by atoms with Gasteiger partial charge in [0.25, 0.3) is 0 Å². The lowest BCUT2D eigenvalue weighted by atomic mass is 10.1. The summed E-state index contributed by atoms with van der Waals surface area (Å²) in [6.07, 6.45) is 0. The number of rotatable bonds is 6. The lowest BCUT2D eigenvalue weighted by Crippen LogP contribution is -2.28. The number of carbonyl (C=O) groups is 3. The third-order valence-corrected chi connectivity index (χ3v) is 4.20. The molecule has 0 saturated heterocycles. The first-order valence-corrected chi connectivity index (χ1v) is 12.1. The number of aliphatic hydroxyl groups excluding tert-OH is 3. The number of ether oxygens (including phenoxy) is 3. The van der Waals surface area contributed by atoms with Crippen LogP contribution in [0.3, 0.4) is 0 Å². The molecule has 216 valence electrons. The van der Waals surface area contributed by atoms with Crippen LogP contribution in [-0.2, 0) is 28.6 Å². The Labute approximate surface area is 228 Å². The number of nitrogens with zero attached hydrogens (tertiary/aromatic N) is 3. The molecular formula is C27H39N3O9. The van der Waals surface area contributed by atoms with E-state index in [4.69, 9.17) is 14.2 Å². The first-order valence-electron chi connectivity index (χ1n) is 12.1. The largest absolute Gasteiger partial charge is 0.512 e. The normalized spacial score (nSPS) is 14.5. The molecule has 3 N–H and O–H groups in total. The van der Waals surface area contributed by atoms with E-state index in [9.17, 15) is 29.7 Å². The molecule has 0 aliphatic rings. The molecule has 0 saturated carbocycles. The van der Waals surface area contributed by atoms with Crippen LogP contribution in [-0.4, -0.2) is 65.0 Å². The van der Waals surface area contributed by atoms with Crippen LogP contribution in [0.1, 0.15) is 101 Å². The van der Waals surface area contributed by atoms with E-state index < -0.39 is 86.2 Å². The Morgan fingerprint density at radius 1 is 0.487 bits per heavy atom. The third-order valence-electron chi connectivity index (χ3n) is 4.20. The Balaban J connectivity index is 4.12. The zero-order valence-corrected chi connectivity index (χ0v) is 24.6. The van der Waals surface area contributed by atoms with Crippen LogP contribution >= 0.6 is 0 Å². The van der Waals surface area contributed by atoms with E-state index in [0.29, 0.717) is 0 Å². The Morgan fingerprint density at radius 3 is 0.795 bits per heavy atom. The van der Waals surface area contributed by atoms with Gasteiger partial charge in [0.15, 0.2) is 17.5 Å². The molecule has 0 aliphatic heterocycles. The van der Waals surface area contributed by atoms with Crippen LogP contribution in [0.5, 0.6) is 0 Å². The summed E-state index contributed by atoms with van der Waals surface area (Å²) in [7, 11) is 0. The molecule has 0 fully saturated rings. The fraction of sp³-hybridized carbons (Fsp3) is 0.556. The maximum absolute atomic E-state index is 13.0. The Morgan fingerprint density at radius 2 is 0.667 bits per heavy atom. The first-order chi connectivity index (χ1) is 17.4. The molecule has 12 heteroatoms. The van der Waals surface area contributed by atoms with E-state index in [1.54, 1.807) is 62.3 Å². The predicted octanol–water partition coefficient (Wildman–Crippen LogP) is 4.76. The van der Waals surface area contributed by atoms with E-state index >= 15 is 0 Å². The average molecular weight is 550 g/mol. The molecule has 1 rings (SSSR count). The molecule has 0 atom stereocenters. The second kappa shape index (κ2) is 11.8. The SMILES string of the molecule is C/C(O)=C(/C(=O)OC(C)(C)C)c1nc(/C(C(=O)OC(C)(C)C)=C(\C)O)nc(/C(C(=O)OC(C)(C)C)=C(\C)O)n1. The lowest BCUT2D eigenvalue weighted by molar-refractivity contribution is -0.148. The number of allylic oxidation sites excluding steroid dienone is 3. The highest BCUT2D eigenvalue weighted by molar-refractivity contribution is 6.19. The van der Waals surface area contributed by atoms with Crippen molar-refractivity contribution in [2.75, 3.05) is 0 Å². The van der Waals surface area contributed by atoms with Crippen LogP contribution < -0.4 is 0 Å². The average Bonchev–Trinajstić information content (AvgIpc) is 2.62. The second-order valence-electron chi connectivity index (χ2n) is 11.7. The molecule has 12 nitrogen and oxygen atoms in total. The molecule has 1 aromatic rings. The molecular weight excluding hydrogens is 510 g/mol. The van der Waals surface area contributed by atoms with Gasteiger partial charge in [0, 0.05) is 0 Å². The van der Waals surface area contributed by atoms with Gasteiger partial charge in [-0.1, -0.05) is 0 Å². The molecule has 39 heavy (non-hydrogen) atoms. The van der Waals surface area contributed by atoms with E-state index in [2.05, 4.69) is 15.0 Å². The predicted molar refractivity (Wildman–Crippen MR) is 143 cm³/mol. The zero-order chi connectivity index (χ0) is 30.7. The van der Waals surface area contributed by atoms with Gasteiger partial charge in [0.2, 0.25) is 0 Å². The number of carbonyl (C=O) groups excluding carboxylic acids is 3. The van der Waals surface area contributed by atoms with E-state index in [0.717, 1.165) is 0 Å². The highest BCUT2D eigenvalue weighted by Gasteiger charge is 2.33. The molecule has 0 unspecified atom stereocenters.